The van der Waals surface area contributed by atoms with E-state index in [1.807, 2.05) is 54.6 Å². The van der Waals surface area contributed by atoms with Crippen molar-refractivity contribution < 1.29 is 9.84 Å². The second-order valence-corrected chi connectivity index (χ2v) is 5.70. The van der Waals surface area contributed by atoms with Crippen LogP contribution in [0.3, 0.4) is 0 Å². The molecular formula is C20H14N2O2. The highest BCUT2D eigenvalue weighted by molar-refractivity contribution is 5.92. The van der Waals surface area contributed by atoms with E-state index in [0.717, 1.165) is 16.3 Å². The summed E-state index contributed by atoms with van der Waals surface area (Å²) < 4.78 is 5.76. The quantitative estimate of drug-likeness (QED) is 0.716. The minimum absolute atomic E-state index is 0.0783. The summed E-state index contributed by atoms with van der Waals surface area (Å²) in [4.78, 5) is 0. The predicted molar refractivity (Wildman–Crippen MR) is 91.4 cm³/mol. The van der Waals surface area contributed by atoms with E-state index in [-0.39, 0.29) is 11.6 Å². The van der Waals surface area contributed by atoms with Gasteiger partial charge in [0.1, 0.15) is 23.1 Å². The van der Waals surface area contributed by atoms with E-state index in [4.69, 9.17) is 10.5 Å². The van der Waals surface area contributed by atoms with Gasteiger partial charge in [0.2, 0.25) is 5.88 Å². The van der Waals surface area contributed by atoms with Crippen LogP contribution in [0, 0.1) is 11.3 Å². The van der Waals surface area contributed by atoms with E-state index in [2.05, 4.69) is 6.07 Å². The summed E-state index contributed by atoms with van der Waals surface area (Å²) in [5, 5.41) is 21.9. The van der Waals surface area contributed by atoms with E-state index in [1.165, 1.54) is 0 Å². The third kappa shape index (κ3) is 1.99. The van der Waals surface area contributed by atoms with E-state index in [1.54, 1.807) is 6.07 Å². The van der Waals surface area contributed by atoms with E-state index in [9.17, 15) is 10.4 Å². The zero-order valence-electron chi connectivity index (χ0n) is 12.7. The molecule has 1 atom stereocenters. The molecule has 116 valence electrons. The SMILES string of the molecule is N#CC1=C(N)Oc2c(c(O)cc3ccccc23)[C@H]1c1ccccc1. The molecule has 1 heterocycles. The Morgan fingerprint density at radius 1 is 1.04 bits per heavy atom. The molecular weight excluding hydrogens is 300 g/mol. The second-order valence-electron chi connectivity index (χ2n) is 5.70. The van der Waals surface area contributed by atoms with Crippen molar-refractivity contribution in [1.29, 1.82) is 5.26 Å². The highest BCUT2D eigenvalue weighted by Crippen LogP contribution is 2.49. The van der Waals surface area contributed by atoms with Crippen LogP contribution in [0.15, 0.2) is 72.1 Å². The van der Waals surface area contributed by atoms with E-state index < -0.39 is 5.92 Å². The standard InChI is InChI=1S/C20H14N2O2/c21-11-15-17(12-6-2-1-3-7-12)18-16(23)10-13-8-4-5-9-14(13)19(18)24-20(15)22/h1-10,17,23H,22H2/t17-/m0/s1. The van der Waals surface area contributed by atoms with Crippen molar-refractivity contribution in [3.05, 3.63) is 83.2 Å². The molecule has 4 nitrogen and oxygen atoms in total. The molecule has 0 bridgehead atoms. The smallest absolute Gasteiger partial charge is 0.205 e. The Kier molecular flexibility index (Phi) is 3.14. The Hall–Kier alpha value is -3.45. The first kappa shape index (κ1) is 14.2. The van der Waals surface area contributed by atoms with Gasteiger partial charge in [-0.15, -0.1) is 0 Å². The number of hydrogen-bond donors (Lipinski definition) is 2. The Morgan fingerprint density at radius 3 is 2.50 bits per heavy atom. The highest BCUT2D eigenvalue weighted by Gasteiger charge is 2.34. The van der Waals surface area contributed by atoms with Gasteiger partial charge in [-0.1, -0.05) is 54.6 Å². The van der Waals surface area contributed by atoms with Gasteiger partial charge in [-0.05, 0) is 17.0 Å². The summed E-state index contributed by atoms with van der Waals surface area (Å²) in [5.74, 6) is 0.230. The number of nitriles is 1. The van der Waals surface area contributed by atoms with Crippen LogP contribution in [-0.4, -0.2) is 5.11 Å². The van der Waals surface area contributed by atoms with Crippen LogP contribution in [0.4, 0.5) is 0 Å². The molecule has 0 fully saturated rings. The minimum Gasteiger partial charge on any atom is -0.507 e. The second kappa shape index (κ2) is 5.32. The van der Waals surface area contributed by atoms with Gasteiger partial charge in [-0.3, -0.25) is 0 Å². The summed E-state index contributed by atoms with van der Waals surface area (Å²) in [7, 11) is 0. The Morgan fingerprint density at radius 2 is 1.75 bits per heavy atom. The van der Waals surface area contributed by atoms with Crippen LogP contribution in [0.2, 0.25) is 0 Å². The van der Waals surface area contributed by atoms with Crippen molar-refractivity contribution in [2.24, 2.45) is 5.73 Å². The fraction of sp³-hybridized carbons (Fsp3) is 0.0500. The van der Waals surface area contributed by atoms with Crippen LogP contribution in [0.5, 0.6) is 11.5 Å². The van der Waals surface area contributed by atoms with Crippen molar-refractivity contribution in [1.82, 2.24) is 0 Å². The van der Waals surface area contributed by atoms with Gasteiger partial charge in [0.25, 0.3) is 0 Å². The summed E-state index contributed by atoms with van der Waals surface area (Å²) in [6.07, 6.45) is 0. The lowest BCUT2D eigenvalue weighted by Crippen LogP contribution is -2.21. The number of benzene rings is 3. The first-order chi connectivity index (χ1) is 11.7. The molecule has 0 aliphatic carbocycles. The van der Waals surface area contributed by atoms with Crippen molar-refractivity contribution in [2.45, 2.75) is 5.92 Å². The fourth-order valence-electron chi connectivity index (χ4n) is 3.26. The molecule has 4 rings (SSSR count). The van der Waals surface area contributed by atoms with Crippen LogP contribution in [0.1, 0.15) is 17.0 Å². The molecule has 3 aromatic carbocycles. The molecule has 0 saturated carbocycles. The number of nitrogens with two attached hydrogens (primary N) is 1. The van der Waals surface area contributed by atoms with Gasteiger partial charge in [0.05, 0.1) is 11.5 Å². The molecule has 3 aromatic rings. The number of phenols is 1. The third-order valence-corrected chi connectivity index (χ3v) is 4.33. The maximum Gasteiger partial charge on any atom is 0.205 e. The fourth-order valence-corrected chi connectivity index (χ4v) is 3.26. The molecule has 3 N–H and O–H groups in total. The largest absolute Gasteiger partial charge is 0.507 e. The average Bonchev–Trinajstić information content (AvgIpc) is 2.61. The first-order valence-electron chi connectivity index (χ1n) is 7.58. The number of rotatable bonds is 1. The van der Waals surface area contributed by atoms with Gasteiger partial charge in [-0.2, -0.15) is 5.26 Å². The number of ether oxygens (including phenoxy) is 1. The average molecular weight is 314 g/mol. The van der Waals surface area contributed by atoms with Gasteiger partial charge < -0.3 is 15.6 Å². The number of hydrogen-bond acceptors (Lipinski definition) is 4. The number of phenolic OH excluding ortho intramolecular Hbond substituents is 1. The number of fused-ring (bicyclic) bond motifs is 3. The van der Waals surface area contributed by atoms with Crippen LogP contribution < -0.4 is 10.5 Å². The van der Waals surface area contributed by atoms with Crippen LogP contribution >= 0.6 is 0 Å². The zero-order valence-corrected chi connectivity index (χ0v) is 12.7. The Labute approximate surface area is 139 Å². The van der Waals surface area contributed by atoms with Crippen molar-refractivity contribution in [3.8, 4) is 17.6 Å². The molecule has 0 spiro atoms. The Bertz CT molecular complexity index is 1020. The predicted octanol–water partition coefficient (Wildman–Crippen LogP) is 3.76. The maximum absolute atomic E-state index is 10.6. The lowest BCUT2D eigenvalue weighted by Gasteiger charge is -2.28. The number of aromatic hydroxyl groups is 1. The molecule has 0 radical (unpaired) electrons. The third-order valence-electron chi connectivity index (χ3n) is 4.33. The molecule has 0 unspecified atom stereocenters. The minimum atomic E-state index is -0.454. The number of nitrogens with zero attached hydrogens (tertiary/aromatic N) is 1. The van der Waals surface area contributed by atoms with Crippen molar-refractivity contribution in [3.63, 3.8) is 0 Å². The molecule has 1 aliphatic heterocycles. The molecule has 0 amide bonds. The van der Waals surface area contributed by atoms with Crippen LogP contribution in [0.25, 0.3) is 10.8 Å². The Balaban J connectivity index is 2.08. The molecule has 24 heavy (non-hydrogen) atoms. The monoisotopic (exact) mass is 314 g/mol. The maximum atomic E-state index is 10.6. The van der Waals surface area contributed by atoms with Gasteiger partial charge in [0, 0.05) is 5.39 Å². The zero-order chi connectivity index (χ0) is 16.7. The molecule has 4 heteroatoms. The van der Waals surface area contributed by atoms with Gasteiger partial charge in [0.15, 0.2) is 0 Å². The van der Waals surface area contributed by atoms with Crippen molar-refractivity contribution >= 4 is 10.8 Å². The summed E-state index contributed by atoms with van der Waals surface area (Å²) in [6, 6.07) is 21.0. The first-order valence-corrected chi connectivity index (χ1v) is 7.58. The molecule has 0 aromatic heterocycles. The molecule has 1 aliphatic rings. The van der Waals surface area contributed by atoms with Crippen LogP contribution in [-0.2, 0) is 0 Å². The van der Waals surface area contributed by atoms with E-state index >= 15 is 0 Å². The van der Waals surface area contributed by atoms with Gasteiger partial charge >= 0.3 is 0 Å². The molecule has 0 saturated heterocycles. The van der Waals surface area contributed by atoms with Gasteiger partial charge in [-0.25, -0.2) is 0 Å². The summed E-state index contributed by atoms with van der Waals surface area (Å²) in [6.45, 7) is 0. The lowest BCUT2D eigenvalue weighted by molar-refractivity contribution is 0.387. The number of allylic oxidation sites excluding steroid dienone is 1. The van der Waals surface area contributed by atoms with Crippen molar-refractivity contribution in [2.75, 3.05) is 0 Å². The topological polar surface area (TPSA) is 79.3 Å². The normalized spacial score (nSPS) is 16.4. The summed E-state index contributed by atoms with van der Waals surface area (Å²) in [5.41, 5.74) is 7.79. The van der Waals surface area contributed by atoms with E-state index in [0.29, 0.717) is 16.9 Å². The highest BCUT2D eigenvalue weighted by atomic mass is 16.5. The summed E-state index contributed by atoms with van der Waals surface area (Å²) >= 11 is 0. The lowest BCUT2D eigenvalue weighted by atomic mass is 9.82.